The van der Waals surface area contributed by atoms with E-state index in [0.717, 1.165) is 53.1 Å². The first-order chi connectivity index (χ1) is 19.2. The van der Waals surface area contributed by atoms with Gasteiger partial charge in [-0.05, 0) is 104 Å². The summed E-state index contributed by atoms with van der Waals surface area (Å²) in [5, 5.41) is 2.42. The molecule has 0 amide bonds. The highest BCUT2D eigenvalue weighted by molar-refractivity contribution is 9.10. The Bertz CT molecular complexity index is 1440. The van der Waals surface area contributed by atoms with Crippen LogP contribution in [0.2, 0.25) is 0 Å². The molecule has 0 atom stereocenters. The molecular formula is C35H35BrN2O. The third kappa shape index (κ3) is 4.63. The minimum Gasteiger partial charge on any atom is -0.473 e. The zero-order valence-corrected chi connectivity index (χ0v) is 24.0. The van der Waals surface area contributed by atoms with Crippen molar-refractivity contribution in [3.63, 3.8) is 0 Å². The average molecular weight is 580 g/mol. The molecule has 0 unspecified atom stereocenters. The van der Waals surface area contributed by atoms with Gasteiger partial charge >= 0.3 is 0 Å². The van der Waals surface area contributed by atoms with Crippen LogP contribution in [0.4, 0.5) is 11.4 Å². The maximum atomic E-state index is 7.08. The van der Waals surface area contributed by atoms with Gasteiger partial charge in [0.15, 0.2) is 5.60 Å². The van der Waals surface area contributed by atoms with Crippen LogP contribution < -0.4 is 14.5 Å². The minimum atomic E-state index is -0.684. The predicted octanol–water partition coefficient (Wildman–Crippen LogP) is 8.93. The van der Waals surface area contributed by atoms with E-state index in [1.807, 2.05) is 0 Å². The zero-order valence-electron chi connectivity index (χ0n) is 22.4. The summed E-state index contributed by atoms with van der Waals surface area (Å²) in [5.41, 5.74) is 5.40. The molecule has 0 spiro atoms. The van der Waals surface area contributed by atoms with Crippen LogP contribution in [0.15, 0.2) is 89.4 Å². The number of ether oxygens (including phenoxy) is 1. The topological polar surface area (TPSA) is 15.7 Å². The van der Waals surface area contributed by atoms with Gasteiger partial charge < -0.3 is 14.5 Å². The lowest BCUT2D eigenvalue weighted by Crippen LogP contribution is -2.35. The van der Waals surface area contributed by atoms with Gasteiger partial charge in [0, 0.05) is 58.7 Å². The SMILES string of the molecule is Brc1ccc2c3c(ccc2c1)OC(c1ccc(N2CCCCC2)cc1)(c1ccc(N2CCCCC2)cc1)C=C3. The number of benzene rings is 4. The van der Waals surface area contributed by atoms with Crippen LogP contribution in [0.1, 0.15) is 55.2 Å². The number of fused-ring (bicyclic) bond motifs is 3. The molecule has 4 heteroatoms. The molecule has 3 heterocycles. The summed E-state index contributed by atoms with van der Waals surface area (Å²) in [5.74, 6) is 0.924. The number of hydrogen-bond acceptors (Lipinski definition) is 3. The van der Waals surface area contributed by atoms with Crippen molar-refractivity contribution in [3.05, 3.63) is 106 Å². The molecule has 0 radical (unpaired) electrons. The van der Waals surface area contributed by atoms with Crippen LogP contribution in [-0.2, 0) is 5.60 Å². The van der Waals surface area contributed by atoms with E-state index in [1.165, 1.54) is 60.7 Å². The van der Waals surface area contributed by atoms with E-state index >= 15 is 0 Å². The Kier molecular flexibility index (Phi) is 6.60. The average Bonchev–Trinajstić information content (AvgIpc) is 3.01. The molecule has 0 bridgehead atoms. The molecule has 3 aliphatic rings. The van der Waals surface area contributed by atoms with Crippen LogP contribution in [0.3, 0.4) is 0 Å². The lowest BCUT2D eigenvalue weighted by molar-refractivity contribution is 0.161. The lowest BCUT2D eigenvalue weighted by Gasteiger charge is -2.37. The van der Waals surface area contributed by atoms with E-state index < -0.39 is 5.60 Å². The standard InChI is InChI=1S/C35H35BrN2O/c36-29-12-17-32-26(25-29)7-18-34-33(32)19-20-35(39-34,27-8-13-30(14-9-27)37-21-3-1-4-22-37)28-10-15-31(16-11-28)38-23-5-2-6-24-38/h7-20,25H,1-6,21-24H2. The predicted molar refractivity (Wildman–Crippen MR) is 167 cm³/mol. The van der Waals surface area contributed by atoms with Gasteiger partial charge in [0.25, 0.3) is 0 Å². The summed E-state index contributed by atoms with van der Waals surface area (Å²) in [6.45, 7) is 4.59. The van der Waals surface area contributed by atoms with Crippen LogP contribution >= 0.6 is 15.9 Å². The molecule has 2 fully saturated rings. The largest absolute Gasteiger partial charge is 0.473 e. The van der Waals surface area contributed by atoms with E-state index in [9.17, 15) is 0 Å². The third-order valence-corrected chi connectivity index (χ3v) is 9.27. The Hall–Kier alpha value is -3.24. The summed E-state index contributed by atoms with van der Waals surface area (Å²) >= 11 is 3.62. The Morgan fingerprint density at radius 3 is 1.74 bits per heavy atom. The number of piperidine rings is 2. The van der Waals surface area contributed by atoms with Crippen molar-refractivity contribution in [2.45, 2.75) is 44.1 Å². The molecule has 0 aromatic heterocycles. The number of hydrogen-bond donors (Lipinski definition) is 0. The van der Waals surface area contributed by atoms with Crippen molar-refractivity contribution in [2.24, 2.45) is 0 Å². The van der Waals surface area contributed by atoms with Crippen LogP contribution in [0.25, 0.3) is 16.8 Å². The van der Waals surface area contributed by atoms with Gasteiger partial charge in [0.1, 0.15) is 5.75 Å². The van der Waals surface area contributed by atoms with E-state index in [2.05, 4.69) is 117 Å². The molecule has 3 aliphatic heterocycles. The van der Waals surface area contributed by atoms with Crippen LogP contribution in [0, 0.1) is 0 Å². The smallest absolute Gasteiger partial charge is 0.178 e. The van der Waals surface area contributed by atoms with Crippen LogP contribution in [-0.4, -0.2) is 26.2 Å². The van der Waals surface area contributed by atoms with Crippen molar-refractivity contribution in [2.75, 3.05) is 36.0 Å². The van der Waals surface area contributed by atoms with E-state index in [1.54, 1.807) is 0 Å². The van der Waals surface area contributed by atoms with E-state index in [-0.39, 0.29) is 0 Å². The Morgan fingerprint density at radius 2 is 1.18 bits per heavy atom. The molecule has 0 aliphatic carbocycles. The molecule has 198 valence electrons. The molecule has 4 aromatic rings. The van der Waals surface area contributed by atoms with Gasteiger partial charge in [-0.15, -0.1) is 0 Å². The number of anilines is 2. The Morgan fingerprint density at radius 1 is 0.615 bits per heavy atom. The van der Waals surface area contributed by atoms with Gasteiger partial charge in [0.2, 0.25) is 0 Å². The maximum absolute atomic E-state index is 7.08. The fourth-order valence-electron chi connectivity index (χ4n) is 6.59. The first-order valence-corrected chi connectivity index (χ1v) is 15.3. The fraction of sp³-hybridized carbons (Fsp3) is 0.314. The third-order valence-electron chi connectivity index (χ3n) is 8.77. The highest BCUT2D eigenvalue weighted by Crippen LogP contribution is 2.45. The number of rotatable bonds is 4. The molecule has 0 N–H and O–H groups in total. The summed E-state index contributed by atoms with van der Waals surface area (Å²) in [7, 11) is 0. The lowest BCUT2D eigenvalue weighted by atomic mass is 9.83. The molecular weight excluding hydrogens is 544 g/mol. The highest BCUT2D eigenvalue weighted by Gasteiger charge is 2.37. The normalized spacial score (nSPS) is 18.6. The van der Waals surface area contributed by atoms with E-state index in [4.69, 9.17) is 4.74 Å². The first kappa shape index (κ1) is 24.8. The van der Waals surface area contributed by atoms with Crippen molar-refractivity contribution < 1.29 is 4.74 Å². The Balaban J connectivity index is 1.30. The van der Waals surface area contributed by atoms with Crippen molar-refractivity contribution >= 4 is 44.2 Å². The molecule has 39 heavy (non-hydrogen) atoms. The minimum absolute atomic E-state index is 0.684. The Labute approximate surface area is 240 Å². The highest BCUT2D eigenvalue weighted by atomic mass is 79.9. The van der Waals surface area contributed by atoms with Gasteiger partial charge in [0.05, 0.1) is 0 Å². The van der Waals surface area contributed by atoms with Gasteiger partial charge in [-0.2, -0.15) is 0 Å². The summed E-state index contributed by atoms with van der Waals surface area (Å²) in [6, 6.07) is 29.0. The second-order valence-electron chi connectivity index (χ2n) is 11.2. The van der Waals surface area contributed by atoms with E-state index in [0.29, 0.717) is 0 Å². The maximum Gasteiger partial charge on any atom is 0.178 e. The van der Waals surface area contributed by atoms with Gasteiger partial charge in [-0.25, -0.2) is 0 Å². The van der Waals surface area contributed by atoms with Crippen molar-refractivity contribution in [1.29, 1.82) is 0 Å². The van der Waals surface area contributed by atoms with Gasteiger partial charge in [-0.3, -0.25) is 0 Å². The molecule has 2 saturated heterocycles. The van der Waals surface area contributed by atoms with Crippen LogP contribution in [0.5, 0.6) is 5.75 Å². The molecule has 0 saturated carbocycles. The summed E-state index contributed by atoms with van der Waals surface area (Å²) in [6.07, 6.45) is 12.3. The second-order valence-corrected chi connectivity index (χ2v) is 12.1. The zero-order chi connectivity index (χ0) is 26.2. The second kappa shape index (κ2) is 10.4. The number of halogens is 1. The first-order valence-electron chi connectivity index (χ1n) is 14.5. The quantitative estimate of drug-likeness (QED) is 0.240. The van der Waals surface area contributed by atoms with Crippen molar-refractivity contribution in [1.82, 2.24) is 0 Å². The fourth-order valence-corrected chi connectivity index (χ4v) is 6.97. The summed E-state index contributed by atoms with van der Waals surface area (Å²) < 4.78 is 8.17. The summed E-state index contributed by atoms with van der Waals surface area (Å²) in [4.78, 5) is 5.04. The monoisotopic (exact) mass is 578 g/mol. The molecule has 4 aromatic carbocycles. The number of nitrogens with zero attached hydrogens (tertiary/aromatic N) is 2. The van der Waals surface area contributed by atoms with Gasteiger partial charge in [-0.1, -0.05) is 52.3 Å². The van der Waals surface area contributed by atoms with Crippen molar-refractivity contribution in [3.8, 4) is 5.75 Å². The molecule has 3 nitrogen and oxygen atoms in total. The molecule has 7 rings (SSSR count).